The first-order valence-corrected chi connectivity index (χ1v) is 7.13. The summed E-state index contributed by atoms with van der Waals surface area (Å²) in [5.74, 6) is -0.458. The largest absolute Gasteiger partial charge is 0.493 e. The summed E-state index contributed by atoms with van der Waals surface area (Å²) < 4.78 is 10.6. The normalized spacial score (nSPS) is 19.2. The number of likely N-dealkylation sites (tertiary alicyclic amines) is 1. The molecule has 120 valence electrons. The van der Waals surface area contributed by atoms with Gasteiger partial charge in [0.1, 0.15) is 0 Å². The average molecular weight is 307 g/mol. The van der Waals surface area contributed by atoms with E-state index < -0.39 is 11.9 Å². The van der Waals surface area contributed by atoms with E-state index in [4.69, 9.17) is 14.6 Å². The molecular formula is C16H21NO5. The van der Waals surface area contributed by atoms with E-state index in [1.807, 2.05) is 26.0 Å². The number of amides is 1. The number of carboxylic acid groups (broad SMARTS) is 1. The van der Waals surface area contributed by atoms with Gasteiger partial charge in [-0.3, -0.25) is 9.59 Å². The van der Waals surface area contributed by atoms with Crippen LogP contribution in [0.4, 0.5) is 0 Å². The molecule has 1 aromatic carbocycles. The van der Waals surface area contributed by atoms with Gasteiger partial charge in [-0.2, -0.15) is 0 Å². The molecular weight excluding hydrogens is 286 g/mol. The van der Waals surface area contributed by atoms with Gasteiger partial charge in [-0.05, 0) is 37.1 Å². The van der Waals surface area contributed by atoms with Crippen LogP contribution in [0.3, 0.4) is 0 Å². The van der Waals surface area contributed by atoms with Crippen LogP contribution in [0.15, 0.2) is 12.1 Å². The van der Waals surface area contributed by atoms with Gasteiger partial charge in [0, 0.05) is 13.0 Å². The number of rotatable bonds is 5. The fourth-order valence-corrected chi connectivity index (χ4v) is 2.89. The molecule has 0 bridgehead atoms. The molecule has 1 aliphatic heterocycles. The lowest BCUT2D eigenvalue weighted by Crippen LogP contribution is -2.29. The first kappa shape index (κ1) is 16.1. The topological polar surface area (TPSA) is 76.1 Å². The second kappa shape index (κ2) is 6.25. The van der Waals surface area contributed by atoms with E-state index in [-0.39, 0.29) is 24.9 Å². The Balaban J connectivity index is 2.31. The van der Waals surface area contributed by atoms with E-state index in [2.05, 4.69) is 0 Å². The predicted octanol–water partition coefficient (Wildman–Crippen LogP) is 2.01. The van der Waals surface area contributed by atoms with Crippen LogP contribution in [0.1, 0.15) is 30.5 Å². The highest BCUT2D eigenvalue weighted by molar-refractivity contribution is 5.86. The van der Waals surface area contributed by atoms with E-state index in [1.165, 1.54) is 0 Å². The molecule has 6 nitrogen and oxygen atoms in total. The van der Waals surface area contributed by atoms with Gasteiger partial charge < -0.3 is 19.5 Å². The predicted molar refractivity (Wildman–Crippen MR) is 80.2 cm³/mol. The highest BCUT2D eigenvalue weighted by Gasteiger charge is 2.37. The number of carboxylic acids is 1. The lowest BCUT2D eigenvalue weighted by atomic mass is 10.0. The Kier molecular flexibility index (Phi) is 4.59. The zero-order valence-corrected chi connectivity index (χ0v) is 13.3. The van der Waals surface area contributed by atoms with Crippen molar-refractivity contribution in [1.29, 1.82) is 0 Å². The number of aliphatic carboxylic acids is 1. The standard InChI is InChI=1S/C16H21NO5/c1-9-5-13(21-3)14(22-4)7-12(9)10(2)17-8-11(16(19)20)6-15(17)18/h5,7,10-11H,6,8H2,1-4H3,(H,19,20)/t10-,11+/m1/s1. The Bertz CT molecular complexity index is 598. The molecule has 22 heavy (non-hydrogen) atoms. The van der Waals surface area contributed by atoms with Crippen molar-refractivity contribution >= 4 is 11.9 Å². The molecule has 0 saturated carbocycles. The van der Waals surface area contributed by atoms with Crippen molar-refractivity contribution in [2.75, 3.05) is 20.8 Å². The minimum atomic E-state index is -0.924. The van der Waals surface area contributed by atoms with Gasteiger partial charge in [0.25, 0.3) is 0 Å². The van der Waals surface area contributed by atoms with Crippen molar-refractivity contribution in [2.45, 2.75) is 26.3 Å². The van der Waals surface area contributed by atoms with Crippen LogP contribution in [0, 0.1) is 12.8 Å². The molecule has 0 aliphatic carbocycles. The van der Waals surface area contributed by atoms with Crippen LogP contribution < -0.4 is 9.47 Å². The average Bonchev–Trinajstić information content (AvgIpc) is 2.88. The number of benzene rings is 1. The van der Waals surface area contributed by atoms with Crippen molar-refractivity contribution < 1.29 is 24.2 Å². The van der Waals surface area contributed by atoms with Crippen molar-refractivity contribution in [3.63, 3.8) is 0 Å². The van der Waals surface area contributed by atoms with Crippen LogP contribution in [0.5, 0.6) is 11.5 Å². The quantitative estimate of drug-likeness (QED) is 0.900. The van der Waals surface area contributed by atoms with E-state index in [1.54, 1.807) is 19.1 Å². The summed E-state index contributed by atoms with van der Waals surface area (Å²) in [4.78, 5) is 24.8. The van der Waals surface area contributed by atoms with Crippen LogP contribution >= 0.6 is 0 Å². The van der Waals surface area contributed by atoms with Crippen LogP contribution in [-0.2, 0) is 9.59 Å². The lowest BCUT2D eigenvalue weighted by molar-refractivity contribution is -0.141. The summed E-state index contributed by atoms with van der Waals surface area (Å²) >= 11 is 0. The minimum absolute atomic E-state index is 0.0615. The zero-order chi connectivity index (χ0) is 16.4. The highest BCUT2D eigenvalue weighted by Crippen LogP contribution is 2.36. The second-order valence-corrected chi connectivity index (χ2v) is 5.53. The number of methoxy groups -OCH3 is 2. The van der Waals surface area contributed by atoms with E-state index >= 15 is 0 Å². The number of carbonyl (C=O) groups excluding carboxylic acids is 1. The van der Waals surface area contributed by atoms with Gasteiger partial charge in [-0.15, -0.1) is 0 Å². The molecule has 2 rings (SSSR count). The maximum absolute atomic E-state index is 12.1. The summed E-state index contributed by atoms with van der Waals surface area (Å²) in [5, 5.41) is 9.09. The monoisotopic (exact) mass is 307 g/mol. The van der Waals surface area contributed by atoms with Crippen LogP contribution in [0.2, 0.25) is 0 Å². The molecule has 1 heterocycles. The third-order valence-electron chi connectivity index (χ3n) is 4.20. The second-order valence-electron chi connectivity index (χ2n) is 5.53. The molecule has 0 spiro atoms. The smallest absolute Gasteiger partial charge is 0.308 e. The van der Waals surface area contributed by atoms with Crippen LogP contribution in [0.25, 0.3) is 0 Å². The maximum Gasteiger partial charge on any atom is 0.308 e. The fourth-order valence-electron chi connectivity index (χ4n) is 2.89. The minimum Gasteiger partial charge on any atom is -0.493 e. The number of aryl methyl sites for hydroxylation is 1. The van der Waals surface area contributed by atoms with Crippen molar-refractivity contribution in [3.8, 4) is 11.5 Å². The zero-order valence-electron chi connectivity index (χ0n) is 13.3. The molecule has 6 heteroatoms. The molecule has 1 aliphatic rings. The van der Waals surface area contributed by atoms with Crippen molar-refractivity contribution in [1.82, 2.24) is 4.90 Å². The number of hydrogen-bond donors (Lipinski definition) is 1. The first-order chi connectivity index (χ1) is 10.4. The lowest BCUT2D eigenvalue weighted by Gasteiger charge is -2.27. The Hall–Kier alpha value is -2.24. The van der Waals surface area contributed by atoms with Crippen molar-refractivity contribution in [2.24, 2.45) is 5.92 Å². The Labute approximate surface area is 129 Å². The van der Waals surface area contributed by atoms with E-state index in [0.717, 1.165) is 11.1 Å². The van der Waals surface area contributed by atoms with Gasteiger partial charge in [0.15, 0.2) is 11.5 Å². The summed E-state index contributed by atoms with van der Waals surface area (Å²) in [7, 11) is 3.13. The Morgan fingerprint density at radius 1 is 1.32 bits per heavy atom. The summed E-state index contributed by atoms with van der Waals surface area (Å²) in [6.45, 7) is 4.07. The molecule has 1 saturated heterocycles. The third-order valence-corrected chi connectivity index (χ3v) is 4.20. The molecule has 0 aromatic heterocycles. The first-order valence-electron chi connectivity index (χ1n) is 7.13. The van der Waals surface area contributed by atoms with E-state index in [0.29, 0.717) is 11.5 Å². The number of ether oxygens (including phenoxy) is 2. The van der Waals surface area contributed by atoms with Gasteiger partial charge in [0.2, 0.25) is 5.91 Å². The number of carbonyl (C=O) groups is 2. The fraction of sp³-hybridized carbons (Fsp3) is 0.500. The van der Waals surface area contributed by atoms with Gasteiger partial charge >= 0.3 is 5.97 Å². The summed E-state index contributed by atoms with van der Waals surface area (Å²) in [6.07, 6.45) is 0.0615. The molecule has 1 aromatic rings. The molecule has 2 atom stereocenters. The van der Waals surface area contributed by atoms with Gasteiger partial charge in [0.05, 0.1) is 26.2 Å². The van der Waals surface area contributed by atoms with Gasteiger partial charge in [-0.25, -0.2) is 0 Å². The van der Waals surface area contributed by atoms with Crippen molar-refractivity contribution in [3.05, 3.63) is 23.3 Å². The Morgan fingerprint density at radius 2 is 1.91 bits per heavy atom. The molecule has 0 radical (unpaired) electrons. The third kappa shape index (κ3) is 2.86. The van der Waals surface area contributed by atoms with E-state index in [9.17, 15) is 9.59 Å². The molecule has 1 amide bonds. The number of nitrogens with zero attached hydrogens (tertiary/aromatic N) is 1. The molecule has 1 N–H and O–H groups in total. The summed E-state index contributed by atoms with van der Waals surface area (Å²) in [5.41, 5.74) is 1.90. The Morgan fingerprint density at radius 3 is 2.41 bits per heavy atom. The summed E-state index contributed by atoms with van der Waals surface area (Å²) in [6, 6.07) is 3.50. The van der Waals surface area contributed by atoms with Crippen LogP contribution in [-0.4, -0.2) is 42.6 Å². The molecule has 1 fully saturated rings. The highest BCUT2D eigenvalue weighted by atomic mass is 16.5. The maximum atomic E-state index is 12.1. The number of hydrogen-bond acceptors (Lipinski definition) is 4. The van der Waals surface area contributed by atoms with Gasteiger partial charge in [-0.1, -0.05) is 0 Å². The molecule has 0 unspecified atom stereocenters. The SMILES string of the molecule is COc1cc(C)c([C@@H](C)N2C[C@@H](C(=O)O)CC2=O)cc1OC.